The van der Waals surface area contributed by atoms with Crippen molar-refractivity contribution < 1.29 is 13.3 Å². The molecule has 0 N–H and O–H groups in total. The molecule has 0 atom stereocenters. The van der Waals surface area contributed by atoms with Crippen molar-refractivity contribution in [2.45, 2.75) is 4.90 Å². The summed E-state index contributed by atoms with van der Waals surface area (Å²) in [5, 5.41) is 19.2. The fourth-order valence-electron chi connectivity index (χ4n) is 0.958. The average molecular weight is 326 g/mol. The van der Waals surface area contributed by atoms with Gasteiger partial charge in [0.25, 0.3) is 14.7 Å². The van der Waals surface area contributed by atoms with Gasteiger partial charge in [0.05, 0.1) is 16.6 Å². The van der Waals surface area contributed by atoms with Crippen LogP contribution in [0.3, 0.4) is 0 Å². The Kier molecular flexibility index (Phi) is 3.52. The fourth-order valence-corrected chi connectivity index (χ4v) is 3.20. The SMILES string of the molecule is N#Cc1cc([N+](=O)[O-])c(Br)c(S(=O)(=O)Cl)c1. The summed E-state index contributed by atoms with van der Waals surface area (Å²) in [5.41, 5.74) is -0.688. The highest BCUT2D eigenvalue weighted by molar-refractivity contribution is 9.10. The smallest absolute Gasteiger partial charge is 0.258 e. The van der Waals surface area contributed by atoms with Crippen molar-refractivity contribution in [2.75, 3.05) is 0 Å². The monoisotopic (exact) mass is 324 g/mol. The van der Waals surface area contributed by atoms with Crippen LogP contribution in [0, 0.1) is 21.4 Å². The normalized spacial score (nSPS) is 10.8. The number of rotatable bonds is 2. The molecule has 0 heterocycles. The number of benzene rings is 1. The summed E-state index contributed by atoms with van der Waals surface area (Å²) in [6, 6.07) is 3.53. The molecule has 1 aromatic carbocycles. The molecule has 16 heavy (non-hydrogen) atoms. The van der Waals surface area contributed by atoms with Crippen molar-refractivity contribution in [3.8, 4) is 6.07 Å². The molecule has 0 spiro atoms. The fraction of sp³-hybridized carbons (Fsp3) is 0. The Morgan fingerprint density at radius 3 is 2.44 bits per heavy atom. The Morgan fingerprint density at radius 2 is 2.06 bits per heavy atom. The molecule has 0 amide bonds. The first-order valence-corrected chi connectivity index (χ1v) is 6.70. The number of hydrogen-bond donors (Lipinski definition) is 0. The van der Waals surface area contributed by atoms with Gasteiger partial charge in [-0.2, -0.15) is 5.26 Å². The van der Waals surface area contributed by atoms with Gasteiger partial charge in [-0.25, -0.2) is 8.42 Å². The number of halogens is 2. The number of hydrogen-bond acceptors (Lipinski definition) is 5. The number of nitriles is 1. The number of nitro benzene ring substituents is 1. The predicted molar refractivity (Wildman–Crippen MR) is 58.6 cm³/mol. The maximum Gasteiger partial charge on any atom is 0.286 e. The van der Waals surface area contributed by atoms with E-state index in [1.165, 1.54) is 0 Å². The van der Waals surface area contributed by atoms with Crippen molar-refractivity contribution in [3.63, 3.8) is 0 Å². The van der Waals surface area contributed by atoms with E-state index in [1.54, 1.807) is 6.07 Å². The van der Waals surface area contributed by atoms with E-state index >= 15 is 0 Å². The molecular formula is C7H2BrClN2O4S. The Bertz CT molecular complexity index is 608. The zero-order valence-electron chi connectivity index (χ0n) is 7.35. The summed E-state index contributed by atoms with van der Waals surface area (Å²) in [4.78, 5) is 9.29. The molecule has 9 heteroatoms. The van der Waals surface area contributed by atoms with Gasteiger partial charge in [0.1, 0.15) is 9.37 Å². The average Bonchev–Trinajstić information content (AvgIpc) is 2.15. The first kappa shape index (κ1) is 12.9. The molecule has 0 saturated heterocycles. The number of nitro groups is 1. The summed E-state index contributed by atoms with van der Waals surface area (Å²) >= 11 is 2.77. The van der Waals surface area contributed by atoms with Crippen LogP contribution < -0.4 is 0 Å². The summed E-state index contributed by atoms with van der Waals surface area (Å²) in [7, 11) is 0.927. The minimum absolute atomic E-state index is 0.158. The van der Waals surface area contributed by atoms with E-state index in [9.17, 15) is 18.5 Å². The van der Waals surface area contributed by atoms with Crippen LogP contribution in [-0.4, -0.2) is 13.3 Å². The van der Waals surface area contributed by atoms with Gasteiger partial charge in [-0.05, 0) is 22.0 Å². The van der Waals surface area contributed by atoms with Gasteiger partial charge < -0.3 is 0 Å². The van der Waals surface area contributed by atoms with Crippen LogP contribution >= 0.6 is 26.6 Å². The van der Waals surface area contributed by atoms with E-state index in [0.29, 0.717) is 0 Å². The van der Waals surface area contributed by atoms with Crippen LogP contribution in [0.2, 0.25) is 0 Å². The van der Waals surface area contributed by atoms with Gasteiger partial charge in [-0.1, -0.05) is 0 Å². The van der Waals surface area contributed by atoms with Crippen LogP contribution in [0.25, 0.3) is 0 Å². The standard InChI is InChI=1S/C7H2BrClN2O4S/c8-7-5(11(12)13)1-4(3-10)2-6(7)16(9,14)15/h1-2H. The van der Waals surface area contributed by atoms with Gasteiger partial charge in [-0.3, -0.25) is 10.1 Å². The molecular weight excluding hydrogens is 324 g/mol. The van der Waals surface area contributed by atoms with E-state index < -0.39 is 24.6 Å². The molecule has 0 saturated carbocycles. The lowest BCUT2D eigenvalue weighted by molar-refractivity contribution is -0.385. The van der Waals surface area contributed by atoms with Crippen molar-refractivity contribution in [1.82, 2.24) is 0 Å². The lowest BCUT2D eigenvalue weighted by Gasteiger charge is -2.02. The highest BCUT2D eigenvalue weighted by Gasteiger charge is 2.24. The quantitative estimate of drug-likeness (QED) is 0.471. The van der Waals surface area contributed by atoms with Crippen molar-refractivity contribution >= 4 is 41.4 Å². The van der Waals surface area contributed by atoms with Gasteiger partial charge in [0.15, 0.2) is 0 Å². The zero-order valence-corrected chi connectivity index (χ0v) is 10.5. The minimum Gasteiger partial charge on any atom is -0.258 e. The topological polar surface area (TPSA) is 101 Å². The lowest BCUT2D eigenvalue weighted by atomic mass is 10.2. The van der Waals surface area contributed by atoms with Crippen LogP contribution in [0.1, 0.15) is 5.56 Å². The molecule has 1 aromatic rings. The largest absolute Gasteiger partial charge is 0.286 e. The van der Waals surface area contributed by atoms with Crippen LogP contribution in [-0.2, 0) is 9.05 Å². The van der Waals surface area contributed by atoms with Gasteiger partial charge in [-0.15, -0.1) is 0 Å². The molecule has 1 rings (SSSR count). The van der Waals surface area contributed by atoms with Gasteiger partial charge >= 0.3 is 0 Å². The van der Waals surface area contributed by atoms with Crippen LogP contribution in [0.15, 0.2) is 21.5 Å². The maximum atomic E-state index is 11.1. The second kappa shape index (κ2) is 4.37. The van der Waals surface area contributed by atoms with Gasteiger partial charge in [0, 0.05) is 16.7 Å². The Morgan fingerprint density at radius 1 is 1.50 bits per heavy atom. The Labute approximate surface area is 103 Å². The Balaban J connectivity index is 3.72. The van der Waals surface area contributed by atoms with E-state index in [1.807, 2.05) is 0 Å². The van der Waals surface area contributed by atoms with E-state index in [2.05, 4.69) is 15.9 Å². The molecule has 84 valence electrons. The third-order valence-corrected chi connectivity index (χ3v) is 4.05. The van der Waals surface area contributed by atoms with Gasteiger partial charge in [0.2, 0.25) is 0 Å². The number of nitrogens with zero attached hydrogens (tertiary/aromatic N) is 2. The molecule has 6 nitrogen and oxygen atoms in total. The highest BCUT2D eigenvalue weighted by Crippen LogP contribution is 2.34. The predicted octanol–water partition coefficient (Wildman–Crippen LogP) is 2.16. The first-order valence-electron chi connectivity index (χ1n) is 3.60. The van der Waals surface area contributed by atoms with E-state index in [-0.39, 0.29) is 10.0 Å². The summed E-state index contributed by atoms with van der Waals surface area (Å²) < 4.78 is 21.9. The maximum absolute atomic E-state index is 11.1. The van der Waals surface area contributed by atoms with E-state index in [0.717, 1.165) is 12.1 Å². The molecule has 0 aliphatic carbocycles. The summed E-state index contributed by atoms with van der Waals surface area (Å²) in [5.74, 6) is 0. The molecule has 0 bridgehead atoms. The second-order valence-electron chi connectivity index (χ2n) is 2.61. The van der Waals surface area contributed by atoms with Crippen molar-refractivity contribution in [3.05, 3.63) is 32.3 Å². The molecule has 0 aliphatic heterocycles. The zero-order chi connectivity index (χ0) is 12.5. The summed E-state index contributed by atoms with van der Waals surface area (Å²) in [6.07, 6.45) is 0. The summed E-state index contributed by atoms with van der Waals surface area (Å²) in [6.45, 7) is 0. The first-order chi connectivity index (χ1) is 7.27. The third-order valence-electron chi connectivity index (χ3n) is 1.61. The second-order valence-corrected chi connectivity index (χ2v) is 5.94. The van der Waals surface area contributed by atoms with Crippen molar-refractivity contribution in [2.24, 2.45) is 0 Å². The van der Waals surface area contributed by atoms with Crippen LogP contribution in [0.5, 0.6) is 0 Å². The lowest BCUT2D eigenvalue weighted by Crippen LogP contribution is -1.98. The molecule has 0 radical (unpaired) electrons. The van der Waals surface area contributed by atoms with Crippen LogP contribution in [0.4, 0.5) is 5.69 Å². The third kappa shape index (κ3) is 2.49. The molecule has 0 aromatic heterocycles. The van der Waals surface area contributed by atoms with Crippen molar-refractivity contribution in [1.29, 1.82) is 5.26 Å². The van der Waals surface area contributed by atoms with E-state index in [4.69, 9.17) is 15.9 Å². The minimum atomic E-state index is -4.15. The Hall–Kier alpha value is -1.17. The highest BCUT2D eigenvalue weighted by atomic mass is 79.9. The molecule has 0 aliphatic rings. The molecule has 0 unspecified atom stereocenters. The molecule has 0 fully saturated rings.